The average molecular weight is 211 g/mol. The summed E-state index contributed by atoms with van der Waals surface area (Å²) in [6.07, 6.45) is 3.11. The molecule has 0 atom stereocenters. The second-order valence-electron chi connectivity index (χ2n) is 2.79. The number of Topliss-reactive ketones (excluding diaryl/α,β-unsaturated/α-hetero) is 1. The molecular weight excluding hydrogens is 204 g/mol. The quantitative estimate of drug-likeness (QED) is 0.732. The minimum atomic E-state index is -0.112. The predicted molar refractivity (Wildman–Crippen MR) is 50.5 cm³/mol. The van der Waals surface area contributed by atoms with E-state index >= 15 is 0 Å². The molecule has 2 aromatic heterocycles. The van der Waals surface area contributed by atoms with Gasteiger partial charge in [-0.3, -0.25) is 4.79 Å². The average Bonchev–Trinajstić information content (AvgIpc) is 2.75. The first kappa shape index (κ1) is 9.09. The van der Waals surface area contributed by atoms with Gasteiger partial charge < -0.3 is 8.83 Å². The molecule has 0 saturated carbocycles. The van der Waals surface area contributed by atoms with Crippen LogP contribution < -0.4 is 0 Å². The minimum Gasteiger partial charge on any atom is -0.469 e. The van der Waals surface area contributed by atoms with Crippen molar-refractivity contribution in [2.45, 2.75) is 6.42 Å². The van der Waals surface area contributed by atoms with Crippen LogP contribution in [0.15, 0.2) is 39.6 Å². The van der Waals surface area contributed by atoms with Crippen LogP contribution in [0.4, 0.5) is 0 Å². The van der Waals surface area contributed by atoms with Gasteiger partial charge >= 0.3 is 0 Å². The normalized spacial score (nSPS) is 10.4. The van der Waals surface area contributed by atoms with Gasteiger partial charge in [0.2, 0.25) is 5.22 Å². The Bertz CT molecular complexity index is 428. The lowest BCUT2D eigenvalue weighted by Crippen LogP contribution is -2.01. The molecule has 0 saturated heterocycles. The van der Waals surface area contributed by atoms with Gasteiger partial charge in [-0.05, 0) is 29.8 Å². The molecule has 0 fully saturated rings. The van der Waals surface area contributed by atoms with E-state index in [1.165, 1.54) is 12.5 Å². The number of ketones is 1. The lowest BCUT2D eigenvalue weighted by atomic mass is 10.1. The van der Waals surface area contributed by atoms with E-state index in [9.17, 15) is 4.79 Å². The second kappa shape index (κ2) is 3.72. The summed E-state index contributed by atoms with van der Waals surface area (Å²) in [5.41, 5.74) is 0.392. The molecule has 0 radical (unpaired) electrons. The summed E-state index contributed by atoms with van der Waals surface area (Å²) in [6.45, 7) is 0. The Morgan fingerprint density at radius 1 is 1.29 bits per heavy atom. The van der Waals surface area contributed by atoms with Gasteiger partial charge in [-0.1, -0.05) is 0 Å². The molecule has 0 spiro atoms. The second-order valence-corrected chi connectivity index (χ2v) is 3.13. The molecule has 0 aromatic carbocycles. The highest BCUT2D eigenvalue weighted by Gasteiger charge is 2.14. The maximum absolute atomic E-state index is 11.6. The third kappa shape index (κ3) is 1.72. The van der Waals surface area contributed by atoms with Crippen LogP contribution in [0.2, 0.25) is 5.22 Å². The maximum Gasteiger partial charge on any atom is 0.203 e. The molecule has 2 rings (SSSR count). The Morgan fingerprint density at radius 2 is 2.14 bits per heavy atom. The molecule has 0 aliphatic rings. The van der Waals surface area contributed by atoms with Gasteiger partial charge in [-0.15, -0.1) is 0 Å². The summed E-state index contributed by atoms with van der Waals surface area (Å²) >= 11 is 5.66. The van der Waals surface area contributed by atoms with Crippen molar-refractivity contribution in [2.75, 3.05) is 0 Å². The first-order chi connectivity index (χ1) is 6.77. The molecule has 0 amide bonds. The SMILES string of the molecule is O=C(Cc1ccco1)c1ccoc1Cl. The molecule has 72 valence electrons. The molecule has 3 nitrogen and oxygen atoms in total. The van der Waals surface area contributed by atoms with Gasteiger partial charge in [-0.2, -0.15) is 0 Å². The van der Waals surface area contributed by atoms with E-state index in [4.69, 9.17) is 20.4 Å². The van der Waals surface area contributed by atoms with Gasteiger partial charge in [0, 0.05) is 0 Å². The number of hydrogen-bond donors (Lipinski definition) is 0. The Hall–Kier alpha value is -1.48. The Kier molecular flexibility index (Phi) is 2.41. The minimum absolute atomic E-state index is 0.112. The molecule has 0 aliphatic heterocycles. The third-order valence-corrected chi connectivity index (χ3v) is 2.13. The molecule has 4 heteroatoms. The van der Waals surface area contributed by atoms with Crippen molar-refractivity contribution in [1.29, 1.82) is 0 Å². The van der Waals surface area contributed by atoms with E-state index in [-0.39, 0.29) is 17.4 Å². The summed E-state index contributed by atoms with van der Waals surface area (Å²) in [5, 5.41) is 0.126. The molecule has 0 aliphatic carbocycles. The number of carbonyl (C=O) groups is 1. The van der Waals surface area contributed by atoms with Gasteiger partial charge in [0.25, 0.3) is 0 Å². The topological polar surface area (TPSA) is 43.4 Å². The van der Waals surface area contributed by atoms with E-state index in [0.29, 0.717) is 11.3 Å². The Morgan fingerprint density at radius 3 is 2.71 bits per heavy atom. The fourth-order valence-electron chi connectivity index (χ4n) is 1.16. The van der Waals surface area contributed by atoms with Crippen molar-refractivity contribution in [3.05, 3.63) is 47.3 Å². The lowest BCUT2D eigenvalue weighted by Gasteiger charge is -1.94. The van der Waals surface area contributed by atoms with Crippen LogP contribution in [0.25, 0.3) is 0 Å². The highest BCUT2D eigenvalue weighted by atomic mass is 35.5. The molecule has 0 unspecified atom stereocenters. The fourth-order valence-corrected chi connectivity index (χ4v) is 1.38. The Balaban J connectivity index is 2.14. The monoisotopic (exact) mass is 210 g/mol. The number of hydrogen-bond acceptors (Lipinski definition) is 3. The third-order valence-electron chi connectivity index (χ3n) is 1.83. The number of furan rings is 2. The van der Waals surface area contributed by atoms with E-state index in [2.05, 4.69) is 0 Å². The standard InChI is InChI=1S/C10H7ClO3/c11-10-8(3-5-14-10)9(12)6-7-2-1-4-13-7/h1-5H,6H2. The number of carbonyl (C=O) groups excluding carboxylic acids is 1. The molecule has 0 bridgehead atoms. The van der Waals surface area contributed by atoms with Crippen molar-refractivity contribution in [3.8, 4) is 0 Å². The molecule has 2 heterocycles. The van der Waals surface area contributed by atoms with Gasteiger partial charge in [0.1, 0.15) is 5.76 Å². The van der Waals surface area contributed by atoms with Crippen molar-refractivity contribution >= 4 is 17.4 Å². The molecule has 0 N–H and O–H groups in total. The van der Waals surface area contributed by atoms with Gasteiger partial charge in [-0.25, -0.2) is 0 Å². The van der Waals surface area contributed by atoms with Gasteiger partial charge in [0.15, 0.2) is 5.78 Å². The van der Waals surface area contributed by atoms with Crippen LogP contribution >= 0.6 is 11.6 Å². The van der Waals surface area contributed by atoms with Crippen LogP contribution in [-0.4, -0.2) is 5.78 Å². The molecular formula is C10H7ClO3. The molecule has 2 aromatic rings. The summed E-state index contributed by atoms with van der Waals surface area (Å²) < 4.78 is 9.87. The lowest BCUT2D eigenvalue weighted by molar-refractivity contribution is 0.0986. The number of halogens is 1. The maximum atomic E-state index is 11.6. The van der Waals surface area contributed by atoms with Crippen LogP contribution in [0.3, 0.4) is 0 Å². The van der Waals surface area contributed by atoms with Gasteiger partial charge in [0.05, 0.1) is 24.5 Å². The first-order valence-corrected chi connectivity index (χ1v) is 4.44. The van der Waals surface area contributed by atoms with Crippen molar-refractivity contribution < 1.29 is 13.6 Å². The van der Waals surface area contributed by atoms with Crippen molar-refractivity contribution in [1.82, 2.24) is 0 Å². The van der Waals surface area contributed by atoms with E-state index in [1.54, 1.807) is 18.2 Å². The van der Waals surface area contributed by atoms with E-state index in [1.807, 2.05) is 0 Å². The van der Waals surface area contributed by atoms with Crippen LogP contribution in [-0.2, 0) is 6.42 Å². The first-order valence-electron chi connectivity index (χ1n) is 4.06. The zero-order chi connectivity index (χ0) is 9.97. The van der Waals surface area contributed by atoms with Crippen molar-refractivity contribution in [2.24, 2.45) is 0 Å². The Labute approximate surface area is 85.3 Å². The summed E-state index contributed by atoms with van der Waals surface area (Å²) in [7, 11) is 0. The van der Waals surface area contributed by atoms with E-state index in [0.717, 1.165) is 0 Å². The highest BCUT2D eigenvalue weighted by molar-refractivity contribution is 6.32. The largest absolute Gasteiger partial charge is 0.469 e. The smallest absolute Gasteiger partial charge is 0.203 e. The van der Waals surface area contributed by atoms with Crippen LogP contribution in [0.1, 0.15) is 16.1 Å². The fraction of sp³-hybridized carbons (Fsp3) is 0.100. The highest BCUT2D eigenvalue weighted by Crippen LogP contribution is 2.18. The summed E-state index contributed by atoms with van der Waals surface area (Å²) in [5.74, 6) is 0.506. The van der Waals surface area contributed by atoms with Crippen molar-refractivity contribution in [3.63, 3.8) is 0 Å². The van der Waals surface area contributed by atoms with E-state index < -0.39 is 0 Å². The molecule has 14 heavy (non-hydrogen) atoms. The zero-order valence-corrected chi connectivity index (χ0v) is 7.95. The summed E-state index contributed by atoms with van der Waals surface area (Å²) in [4.78, 5) is 11.6. The predicted octanol–water partition coefficient (Wildman–Crippen LogP) is 2.95. The zero-order valence-electron chi connectivity index (χ0n) is 7.20. The number of rotatable bonds is 3. The van der Waals surface area contributed by atoms with Crippen LogP contribution in [0, 0.1) is 0 Å². The summed E-state index contributed by atoms with van der Waals surface area (Å²) in [6, 6.07) is 5.03. The van der Waals surface area contributed by atoms with Crippen LogP contribution in [0.5, 0.6) is 0 Å².